The van der Waals surface area contributed by atoms with E-state index in [9.17, 15) is 0 Å². The molecule has 2 aromatic heterocycles. The van der Waals surface area contributed by atoms with Gasteiger partial charge in [0.1, 0.15) is 0 Å². The number of anilines is 2. The molecule has 4 heterocycles. The van der Waals surface area contributed by atoms with Gasteiger partial charge in [-0.25, -0.2) is 0 Å². The first kappa shape index (κ1) is 40.2. The zero-order valence-electron chi connectivity index (χ0n) is 40.9. The second-order valence-electron chi connectivity index (χ2n) is 24.9. The molecule has 0 unspecified atom stereocenters. The van der Waals surface area contributed by atoms with Crippen LogP contribution in [0.2, 0.25) is 0 Å². The van der Waals surface area contributed by atoms with Crippen molar-refractivity contribution in [2.45, 2.75) is 87.9 Å². The van der Waals surface area contributed by atoms with E-state index in [0.717, 1.165) is 35.5 Å². The van der Waals surface area contributed by atoms with Gasteiger partial charge in [0.05, 0.1) is 11.0 Å². The molecule has 4 heteroatoms. The van der Waals surface area contributed by atoms with Crippen LogP contribution in [0.15, 0.2) is 164 Å². The first-order valence-electron chi connectivity index (χ1n) is 27.8. The van der Waals surface area contributed by atoms with Gasteiger partial charge in [0.15, 0.2) is 0 Å². The molecule has 10 aliphatic rings. The van der Waals surface area contributed by atoms with Crippen molar-refractivity contribution >= 4 is 82.5 Å². The fraction of sp³-hybridized carbons (Fsp3) is 0.294. The van der Waals surface area contributed by atoms with Crippen molar-refractivity contribution in [3.8, 4) is 39.1 Å². The molecule has 8 bridgehead atoms. The van der Waals surface area contributed by atoms with E-state index in [1.165, 1.54) is 180 Å². The Kier molecular flexibility index (Phi) is 7.94. The highest BCUT2D eigenvalue weighted by molar-refractivity contribution is 7.25. The van der Waals surface area contributed by atoms with E-state index in [2.05, 4.69) is 173 Å². The molecule has 8 saturated carbocycles. The minimum Gasteiger partial charge on any atom is -0.376 e. The van der Waals surface area contributed by atoms with Crippen LogP contribution >= 0.6 is 11.3 Å². The SMILES string of the molecule is c1ccc(-c2ccc(N3B4c5c(cc(-c6ccccc6)cc5-n5c6ccc(C78CC9CC(CC(C9)C7)C8)cc6c6cc(C78CC9CC(CC(C9)C7)C8)cc4c65)-c4cc5c(cc43)sc3ccccc35)cc2)cc1. The van der Waals surface area contributed by atoms with E-state index < -0.39 is 0 Å². The van der Waals surface area contributed by atoms with Crippen molar-refractivity contribution in [1.29, 1.82) is 0 Å². The molecule has 0 amide bonds. The molecule has 8 aromatic carbocycles. The lowest BCUT2D eigenvalue weighted by molar-refractivity contribution is -0.00526. The van der Waals surface area contributed by atoms with Crippen LogP contribution in [-0.4, -0.2) is 11.4 Å². The Morgan fingerprint density at radius 1 is 0.417 bits per heavy atom. The van der Waals surface area contributed by atoms with Gasteiger partial charge in [-0.05, 0) is 234 Å². The van der Waals surface area contributed by atoms with Crippen molar-refractivity contribution in [3.05, 3.63) is 175 Å². The highest BCUT2D eigenvalue weighted by atomic mass is 32.1. The van der Waals surface area contributed by atoms with E-state index in [-0.39, 0.29) is 12.3 Å². The summed E-state index contributed by atoms with van der Waals surface area (Å²) in [5.41, 5.74) is 21.4. The van der Waals surface area contributed by atoms with Crippen LogP contribution in [-0.2, 0) is 10.8 Å². The number of nitrogens with zero attached hydrogens (tertiary/aromatic N) is 2. The first-order chi connectivity index (χ1) is 35.5. The quantitative estimate of drug-likeness (QED) is 0.156. The number of hydrogen-bond donors (Lipinski definition) is 0. The van der Waals surface area contributed by atoms with Crippen molar-refractivity contribution in [2.24, 2.45) is 35.5 Å². The summed E-state index contributed by atoms with van der Waals surface area (Å²) in [4.78, 5) is 2.81. The Labute approximate surface area is 426 Å². The predicted octanol–water partition coefficient (Wildman–Crippen LogP) is 16.7. The fourth-order valence-electron chi connectivity index (χ4n) is 18.8. The number of aromatic nitrogens is 1. The molecule has 72 heavy (non-hydrogen) atoms. The molecular weight excluding hydrogens is 888 g/mol. The van der Waals surface area contributed by atoms with Crippen LogP contribution in [0.3, 0.4) is 0 Å². The highest BCUT2D eigenvalue weighted by Gasteiger charge is 2.54. The monoisotopic (exact) mass is 944 g/mol. The van der Waals surface area contributed by atoms with Gasteiger partial charge in [-0.3, -0.25) is 0 Å². The zero-order valence-corrected chi connectivity index (χ0v) is 41.7. The molecular formula is C68H57BN2S. The van der Waals surface area contributed by atoms with Gasteiger partial charge >= 0.3 is 6.85 Å². The van der Waals surface area contributed by atoms with E-state index in [1.807, 2.05) is 11.3 Å². The predicted molar refractivity (Wildman–Crippen MR) is 303 cm³/mol. The number of hydrogen-bond acceptors (Lipinski definition) is 2. The second-order valence-corrected chi connectivity index (χ2v) is 26.0. The molecule has 0 atom stereocenters. The summed E-state index contributed by atoms with van der Waals surface area (Å²) in [6.07, 6.45) is 17.1. The average molecular weight is 945 g/mol. The minimum absolute atomic E-state index is 0.0162. The Hall–Kier alpha value is -6.36. The lowest BCUT2D eigenvalue weighted by atomic mass is 9.42. The standard InChI is InChI=1S/C68H57BN2S/c1-3-9-46(10-4-1)48-15-18-52(19-16-48)71-61-33-64-56(53-13-7-8-14-63(53)72-64)32-55(61)57-27-49(47-11-5-2-6-12-47)28-62-65(57)69(71)59-31-51(68-37-43-24-44(38-68)26-45(25-43)39-68)30-58-54-29-50(17-20-60(54)70(62)66(58)59)67-34-40-21-41(35-67)23-42(22-40)36-67/h1-20,27-33,40-45H,21-26,34-39H2. The van der Waals surface area contributed by atoms with Crippen LogP contribution in [0, 0.1) is 35.5 Å². The maximum atomic E-state index is 2.82. The molecule has 348 valence electrons. The summed E-state index contributed by atoms with van der Waals surface area (Å²) in [6.45, 7) is -0.0162. The van der Waals surface area contributed by atoms with Gasteiger partial charge in [0.2, 0.25) is 0 Å². The minimum atomic E-state index is -0.0162. The smallest absolute Gasteiger partial charge is 0.333 e. The van der Waals surface area contributed by atoms with Crippen LogP contribution in [0.1, 0.15) is 88.2 Å². The van der Waals surface area contributed by atoms with Crippen LogP contribution in [0.5, 0.6) is 0 Å². The number of thiophene rings is 1. The van der Waals surface area contributed by atoms with Crippen molar-refractivity contribution in [3.63, 3.8) is 0 Å². The summed E-state index contributed by atoms with van der Waals surface area (Å²) in [5.74, 6) is 5.37. The molecule has 20 rings (SSSR count). The molecule has 2 nitrogen and oxygen atoms in total. The van der Waals surface area contributed by atoms with Crippen LogP contribution < -0.4 is 15.7 Å². The number of benzene rings is 8. The summed E-state index contributed by atoms with van der Waals surface area (Å²) < 4.78 is 5.50. The fourth-order valence-corrected chi connectivity index (χ4v) is 19.9. The summed E-state index contributed by atoms with van der Waals surface area (Å²) in [6, 6.07) is 64.9. The lowest BCUT2D eigenvalue weighted by Gasteiger charge is -2.57. The molecule has 10 aromatic rings. The molecule has 0 spiro atoms. The van der Waals surface area contributed by atoms with Crippen molar-refractivity contribution in [1.82, 2.24) is 4.57 Å². The topological polar surface area (TPSA) is 8.17 Å². The van der Waals surface area contributed by atoms with Gasteiger partial charge in [0, 0.05) is 53.6 Å². The van der Waals surface area contributed by atoms with Crippen molar-refractivity contribution in [2.75, 3.05) is 4.81 Å². The molecule has 8 aliphatic carbocycles. The van der Waals surface area contributed by atoms with E-state index in [4.69, 9.17) is 0 Å². The Bertz CT molecular complexity index is 3880. The summed E-state index contributed by atoms with van der Waals surface area (Å²) in [5, 5.41) is 5.71. The van der Waals surface area contributed by atoms with E-state index >= 15 is 0 Å². The third-order valence-electron chi connectivity index (χ3n) is 20.8. The first-order valence-corrected chi connectivity index (χ1v) is 28.6. The molecule has 0 saturated heterocycles. The van der Waals surface area contributed by atoms with Gasteiger partial charge in [-0.2, -0.15) is 0 Å². The lowest BCUT2D eigenvalue weighted by Crippen LogP contribution is -2.61. The molecule has 0 N–H and O–H groups in total. The summed E-state index contributed by atoms with van der Waals surface area (Å²) in [7, 11) is 0. The average Bonchev–Trinajstić information content (AvgIpc) is 3.94. The Morgan fingerprint density at radius 2 is 1.00 bits per heavy atom. The third kappa shape index (κ3) is 5.47. The summed E-state index contributed by atoms with van der Waals surface area (Å²) >= 11 is 1.95. The normalized spacial score (nSPS) is 27.9. The van der Waals surface area contributed by atoms with Crippen molar-refractivity contribution < 1.29 is 0 Å². The Balaban J connectivity index is 0.961. The maximum Gasteiger partial charge on any atom is 0.333 e. The van der Waals surface area contributed by atoms with Gasteiger partial charge in [0.25, 0.3) is 0 Å². The van der Waals surface area contributed by atoms with Crippen LogP contribution in [0.4, 0.5) is 11.4 Å². The molecule has 0 radical (unpaired) electrons. The third-order valence-corrected chi connectivity index (χ3v) is 22.0. The number of rotatable bonds is 5. The van der Waals surface area contributed by atoms with E-state index in [0.29, 0.717) is 5.41 Å². The largest absolute Gasteiger partial charge is 0.376 e. The van der Waals surface area contributed by atoms with Gasteiger partial charge in [-0.1, -0.05) is 103 Å². The van der Waals surface area contributed by atoms with Gasteiger partial charge in [-0.15, -0.1) is 11.3 Å². The second kappa shape index (κ2) is 14.2. The van der Waals surface area contributed by atoms with Gasteiger partial charge < -0.3 is 9.38 Å². The maximum absolute atomic E-state index is 2.82. The highest BCUT2D eigenvalue weighted by Crippen LogP contribution is 2.63. The van der Waals surface area contributed by atoms with E-state index in [1.54, 1.807) is 11.1 Å². The zero-order chi connectivity index (χ0) is 46.6. The van der Waals surface area contributed by atoms with Crippen LogP contribution in [0.25, 0.3) is 81.0 Å². The Morgan fingerprint density at radius 3 is 1.67 bits per heavy atom. The number of fused-ring (bicyclic) bond motifs is 10. The molecule has 2 aliphatic heterocycles. The molecule has 8 fully saturated rings.